The summed E-state index contributed by atoms with van der Waals surface area (Å²) in [4.78, 5) is 11.0. The molecule has 0 aromatic rings. The highest BCUT2D eigenvalue weighted by atomic mass is 32.2. The zero-order valence-electron chi connectivity index (χ0n) is 10.5. The molecule has 5 nitrogen and oxygen atoms in total. The number of hydrogen-bond donors (Lipinski definition) is 1. The molecule has 0 spiro atoms. The fourth-order valence-corrected chi connectivity index (χ4v) is 1.68. The van der Waals surface area contributed by atoms with Crippen LogP contribution < -0.4 is 4.72 Å². The molecule has 0 bridgehead atoms. The minimum absolute atomic E-state index is 0.100. The van der Waals surface area contributed by atoms with Gasteiger partial charge in [-0.3, -0.25) is 0 Å². The zero-order chi connectivity index (χ0) is 13.3. The predicted molar refractivity (Wildman–Crippen MR) is 67.1 cm³/mol. The fourth-order valence-electron chi connectivity index (χ4n) is 1.02. The Morgan fingerprint density at radius 1 is 1.29 bits per heavy atom. The van der Waals surface area contributed by atoms with Gasteiger partial charge in [0.2, 0.25) is 10.0 Å². The maximum Gasteiger partial charge on any atom is 0.333 e. The molecule has 0 aromatic carbocycles. The van der Waals surface area contributed by atoms with Crippen molar-refractivity contribution in [3.8, 4) is 0 Å². The van der Waals surface area contributed by atoms with Gasteiger partial charge in [0.1, 0.15) is 0 Å². The van der Waals surface area contributed by atoms with E-state index in [9.17, 15) is 13.2 Å². The van der Waals surface area contributed by atoms with Crippen LogP contribution in [0.3, 0.4) is 0 Å². The van der Waals surface area contributed by atoms with Crippen molar-refractivity contribution >= 4 is 16.0 Å². The highest BCUT2D eigenvalue weighted by Crippen LogP contribution is 1.98. The standard InChI is InChI=1S/C11H21NO4S/c1-4-17(14,15)12-8-6-5-7-9-16-11(13)10(2)3/h12H,2,4-9H2,1,3H3. The highest BCUT2D eigenvalue weighted by Gasteiger charge is 2.05. The lowest BCUT2D eigenvalue weighted by Crippen LogP contribution is -2.26. The Kier molecular flexibility index (Phi) is 7.82. The van der Waals surface area contributed by atoms with E-state index < -0.39 is 10.0 Å². The highest BCUT2D eigenvalue weighted by molar-refractivity contribution is 7.89. The summed E-state index contributed by atoms with van der Waals surface area (Å²) >= 11 is 0. The van der Waals surface area contributed by atoms with Crippen LogP contribution in [0.1, 0.15) is 33.1 Å². The molecule has 0 rings (SSSR count). The number of rotatable bonds is 9. The third-order valence-corrected chi connectivity index (χ3v) is 3.51. The monoisotopic (exact) mass is 263 g/mol. The Morgan fingerprint density at radius 2 is 1.94 bits per heavy atom. The zero-order valence-corrected chi connectivity index (χ0v) is 11.3. The first-order chi connectivity index (χ1) is 7.89. The molecule has 0 saturated heterocycles. The maximum atomic E-state index is 11.1. The minimum Gasteiger partial charge on any atom is -0.462 e. The quantitative estimate of drug-likeness (QED) is 0.385. The van der Waals surface area contributed by atoms with E-state index >= 15 is 0 Å². The van der Waals surface area contributed by atoms with Crippen molar-refractivity contribution in [2.45, 2.75) is 33.1 Å². The van der Waals surface area contributed by atoms with Crippen molar-refractivity contribution < 1.29 is 17.9 Å². The summed E-state index contributed by atoms with van der Waals surface area (Å²) in [5.74, 6) is -0.278. The molecule has 0 aliphatic rings. The van der Waals surface area contributed by atoms with Crippen LogP contribution in [0.25, 0.3) is 0 Å². The van der Waals surface area contributed by atoms with E-state index in [1.165, 1.54) is 0 Å². The first-order valence-electron chi connectivity index (χ1n) is 5.69. The summed E-state index contributed by atoms with van der Waals surface area (Å²) in [5, 5.41) is 0. The van der Waals surface area contributed by atoms with Crippen molar-refractivity contribution in [2.24, 2.45) is 0 Å². The summed E-state index contributed by atoms with van der Waals surface area (Å²) in [7, 11) is -3.08. The van der Waals surface area contributed by atoms with Crippen LogP contribution in [0.2, 0.25) is 0 Å². The van der Waals surface area contributed by atoms with E-state index in [-0.39, 0.29) is 11.7 Å². The van der Waals surface area contributed by atoms with Gasteiger partial charge in [0.05, 0.1) is 12.4 Å². The minimum atomic E-state index is -3.08. The average Bonchev–Trinajstić information content (AvgIpc) is 2.27. The number of unbranched alkanes of at least 4 members (excludes halogenated alkanes) is 2. The van der Waals surface area contributed by atoms with E-state index in [1.807, 2.05) is 0 Å². The molecule has 0 amide bonds. The van der Waals surface area contributed by atoms with Gasteiger partial charge in [-0.25, -0.2) is 17.9 Å². The molecular formula is C11H21NO4S. The van der Waals surface area contributed by atoms with Crippen LogP contribution in [0, 0.1) is 0 Å². The second kappa shape index (κ2) is 8.25. The number of sulfonamides is 1. The summed E-state index contributed by atoms with van der Waals surface area (Å²) < 4.78 is 29.5. The van der Waals surface area contributed by atoms with Gasteiger partial charge in [0.25, 0.3) is 0 Å². The van der Waals surface area contributed by atoms with Gasteiger partial charge in [0, 0.05) is 12.1 Å². The number of nitrogens with one attached hydrogen (secondary N) is 1. The molecule has 0 aromatic heterocycles. The van der Waals surface area contributed by atoms with Crippen LogP contribution in [0.15, 0.2) is 12.2 Å². The van der Waals surface area contributed by atoms with Crippen LogP contribution in [-0.2, 0) is 19.6 Å². The molecule has 0 aliphatic carbocycles. The van der Waals surface area contributed by atoms with Crippen molar-refractivity contribution in [3.63, 3.8) is 0 Å². The molecule has 0 heterocycles. The molecule has 1 N–H and O–H groups in total. The molecule has 0 saturated carbocycles. The Hall–Kier alpha value is -0.880. The number of carbonyl (C=O) groups is 1. The van der Waals surface area contributed by atoms with Crippen molar-refractivity contribution in [3.05, 3.63) is 12.2 Å². The number of ether oxygens (including phenoxy) is 1. The summed E-state index contributed by atoms with van der Waals surface area (Å²) in [6.07, 6.45) is 2.28. The SMILES string of the molecule is C=C(C)C(=O)OCCCCCNS(=O)(=O)CC. The van der Waals surface area contributed by atoms with Gasteiger partial charge in [0.15, 0.2) is 0 Å². The molecule has 6 heteroatoms. The summed E-state index contributed by atoms with van der Waals surface area (Å²) in [6.45, 7) is 7.45. The molecular weight excluding hydrogens is 242 g/mol. The van der Waals surface area contributed by atoms with E-state index in [0.717, 1.165) is 19.3 Å². The van der Waals surface area contributed by atoms with Crippen LogP contribution >= 0.6 is 0 Å². The molecule has 0 aliphatic heterocycles. The van der Waals surface area contributed by atoms with Gasteiger partial charge >= 0.3 is 5.97 Å². The van der Waals surface area contributed by atoms with Crippen molar-refractivity contribution in [1.29, 1.82) is 0 Å². The Bertz CT molecular complexity index is 348. The van der Waals surface area contributed by atoms with Gasteiger partial charge in [-0.2, -0.15) is 0 Å². The van der Waals surface area contributed by atoms with Crippen LogP contribution in [-0.4, -0.2) is 33.3 Å². The first kappa shape index (κ1) is 16.1. The molecule has 0 radical (unpaired) electrons. The molecule has 17 heavy (non-hydrogen) atoms. The van der Waals surface area contributed by atoms with Gasteiger partial charge in [-0.05, 0) is 33.1 Å². The third kappa shape index (κ3) is 8.88. The lowest BCUT2D eigenvalue weighted by atomic mass is 10.2. The van der Waals surface area contributed by atoms with E-state index in [1.54, 1.807) is 13.8 Å². The lowest BCUT2D eigenvalue weighted by Gasteiger charge is -2.05. The second-order valence-corrected chi connectivity index (χ2v) is 5.87. The van der Waals surface area contributed by atoms with Gasteiger partial charge in [-0.1, -0.05) is 6.58 Å². The third-order valence-electron chi connectivity index (χ3n) is 2.10. The maximum absolute atomic E-state index is 11.1. The first-order valence-corrected chi connectivity index (χ1v) is 7.34. The Morgan fingerprint density at radius 3 is 2.47 bits per heavy atom. The van der Waals surface area contributed by atoms with Crippen molar-refractivity contribution in [1.82, 2.24) is 4.72 Å². The topological polar surface area (TPSA) is 72.5 Å². The second-order valence-electron chi connectivity index (χ2n) is 3.77. The summed E-state index contributed by atoms with van der Waals surface area (Å²) in [5.41, 5.74) is 0.390. The average molecular weight is 263 g/mol. The normalized spacial score (nSPS) is 11.2. The molecule has 0 fully saturated rings. The number of hydrogen-bond acceptors (Lipinski definition) is 4. The largest absolute Gasteiger partial charge is 0.462 e. The van der Waals surface area contributed by atoms with Crippen LogP contribution in [0.5, 0.6) is 0 Å². The van der Waals surface area contributed by atoms with Gasteiger partial charge < -0.3 is 4.74 Å². The lowest BCUT2D eigenvalue weighted by molar-refractivity contribution is -0.139. The number of esters is 1. The predicted octanol–water partition coefficient (Wildman–Crippen LogP) is 1.22. The molecule has 0 atom stereocenters. The summed E-state index contributed by atoms with van der Waals surface area (Å²) in [6, 6.07) is 0. The van der Waals surface area contributed by atoms with E-state index in [4.69, 9.17) is 4.74 Å². The van der Waals surface area contributed by atoms with Crippen molar-refractivity contribution in [2.75, 3.05) is 18.9 Å². The number of carbonyl (C=O) groups excluding carboxylic acids is 1. The smallest absolute Gasteiger partial charge is 0.333 e. The van der Waals surface area contributed by atoms with Gasteiger partial charge in [-0.15, -0.1) is 0 Å². The Balaban J connectivity index is 3.42. The fraction of sp³-hybridized carbons (Fsp3) is 0.727. The van der Waals surface area contributed by atoms with E-state index in [0.29, 0.717) is 18.7 Å². The Labute approximate surface area is 103 Å². The molecule has 100 valence electrons. The van der Waals surface area contributed by atoms with E-state index in [2.05, 4.69) is 11.3 Å². The molecule has 0 unspecified atom stereocenters. The van der Waals surface area contributed by atoms with Crippen LogP contribution in [0.4, 0.5) is 0 Å².